The Morgan fingerprint density at radius 2 is 2.05 bits per heavy atom. The summed E-state index contributed by atoms with van der Waals surface area (Å²) in [7, 11) is 0. The molecule has 20 heavy (non-hydrogen) atoms. The Labute approximate surface area is 127 Å². The highest BCUT2D eigenvalue weighted by Crippen LogP contribution is 2.18. The second kappa shape index (κ2) is 6.69. The quantitative estimate of drug-likeness (QED) is 0.393. The van der Waals surface area contributed by atoms with Crippen molar-refractivity contribution in [3.63, 3.8) is 0 Å². The van der Waals surface area contributed by atoms with Gasteiger partial charge in [0, 0.05) is 11.8 Å². The second-order valence-corrected chi connectivity index (χ2v) is 5.54. The third kappa shape index (κ3) is 3.09. The normalized spacial score (nSPS) is 17.1. The molecule has 1 aliphatic rings. The molecule has 0 radical (unpaired) electrons. The highest BCUT2D eigenvalue weighted by molar-refractivity contribution is 8.22. The van der Waals surface area contributed by atoms with Crippen LogP contribution in [0, 0.1) is 0 Å². The number of benzene rings is 1. The van der Waals surface area contributed by atoms with Crippen LogP contribution in [-0.2, 0) is 0 Å². The van der Waals surface area contributed by atoms with Gasteiger partial charge in [-0.15, -0.1) is 0 Å². The zero-order valence-corrected chi connectivity index (χ0v) is 12.6. The van der Waals surface area contributed by atoms with Crippen LogP contribution in [-0.4, -0.2) is 32.6 Å². The number of hydrogen-bond donors (Lipinski definition) is 1. The molecule has 0 aliphatic carbocycles. The van der Waals surface area contributed by atoms with E-state index in [1.165, 1.54) is 16.8 Å². The van der Waals surface area contributed by atoms with Crippen molar-refractivity contribution in [3.05, 3.63) is 60.3 Å². The van der Waals surface area contributed by atoms with Crippen molar-refractivity contribution in [2.45, 2.75) is 6.17 Å². The molecule has 2 N–H and O–H groups in total. The minimum absolute atomic E-state index is 0.246. The Morgan fingerprint density at radius 1 is 1.35 bits per heavy atom. The summed E-state index contributed by atoms with van der Waals surface area (Å²) >= 11 is 6.72. The van der Waals surface area contributed by atoms with Gasteiger partial charge in [0.1, 0.15) is 10.5 Å². The number of rotatable bonds is 2. The van der Waals surface area contributed by atoms with Gasteiger partial charge < -0.3 is 4.90 Å². The van der Waals surface area contributed by atoms with Crippen LogP contribution in [0.15, 0.2) is 54.8 Å². The Hall–Kier alpha value is -1.63. The summed E-state index contributed by atoms with van der Waals surface area (Å²) in [5.74, 6) is 5.75. The summed E-state index contributed by atoms with van der Waals surface area (Å²) < 4.78 is 0.659. The number of carbonyl (C=O) groups excluding carboxylic acids is 1. The molecule has 1 heterocycles. The fraction of sp³-hybridized carbons (Fsp3) is 0.143. The van der Waals surface area contributed by atoms with Crippen LogP contribution in [0.5, 0.6) is 0 Å². The first-order valence-corrected chi connectivity index (χ1v) is 7.63. The molecule has 0 saturated heterocycles. The maximum absolute atomic E-state index is 12.4. The molecule has 1 aromatic rings. The first-order chi connectivity index (χ1) is 9.65. The number of allylic oxidation sites excluding steroid dienone is 2. The van der Waals surface area contributed by atoms with E-state index in [0.29, 0.717) is 9.88 Å². The van der Waals surface area contributed by atoms with Crippen LogP contribution < -0.4 is 5.84 Å². The lowest BCUT2D eigenvalue weighted by molar-refractivity contribution is 0.0631. The Morgan fingerprint density at radius 3 is 2.70 bits per heavy atom. The topological polar surface area (TPSA) is 49.6 Å². The molecule has 4 nitrogen and oxygen atoms in total. The minimum atomic E-state index is -0.410. The first kappa shape index (κ1) is 14.8. The standard InChI is InChI=1S/C14H15N3OS2/c1-20-14(19)16-10-6-5-9-12(16)17(15)13(18)11-7-3-2-4-8-11/h2-10,12H,15H2,1H3. The predicted molar refractivity (Wildman–Crippen MR) is 86.8 cm³/mol. The maximum Gasteiger partial charge on any atom is 0.269 e. The molecular formula is C14H15N3OS2. The van der Waals surface area contributed by atoms with Gasteiger partial charge in [0.15, 0.2) is 0 Å². The van der Waals surface area contributed by atoms with Gasteiger partial charge in [-0.25, -0.2) is 10.9 Å². The van der Waals surface area contributed by atoms with Crippen LogP contribution in [0.1, 0.15) is 10.4 Å². The number of thioether (sulfide) groups is 1. The van der Waals surface area contributed by atoms with Crippen molar-refractivity contribution >= 4 is 34.2 Å². The van der Waals surface area contributed by atoms with E-state index in [-0.39, 0.29) is 5.91 Å². The molecule has 1 aromatic carbocycles. The molecule has 0 saturated carbocycles. The van der Waals surface area contributed by atoms with E-state index in [1.54, 1.807) is 17.0 Å². The number of carbonyl (C=O) groups is 1. The molecule has 2 rings (SSSR count). The van der Waals surface area contributed by atoms with Crippen molar-refractivity contribution in [1.82, 2.24) is 9.91 Å². The van der Waals surface area contributed by atoms with E-state index in [4.69, 9.17) is 18.1 Å². The van der Waals surface area contributed by atoms with E-state index in [2.05, 4.69) is 0 Å². The van der Waals surface area contributed by atoms with Crippen LogP contribution >= 0.6 is 24.0 Å². The third-order valence-electron chi connectivity index (χ3n) is 2.85. The highest BCUT2D eigenvalue weighted by Gasteiger charge is 2.27. The Balaban J connectivity index is 2.21. The van der Waals surface area contributed by atoms with Crippen LogP contribution in [0.2, 0.25) is 0 Å². The van der Waals surface area contributed by atoms with Crippen molar-refractivity contribution in [3.8, 4) is 0 Å². The highest BCUT2D eigenvalue weighted by atomic mass is 32.2. The molecule has 0 fully saturated rings. The van der Waals surface area contributed by atoms with E-state index < -0.39 is 6.17 Å². The van der Waals surface area contributed by atoms with Gasteiger partial charge in [0.05, 0.1) is 0 Å². The minimum Gasteiger partial charge on any atom is -0.308 e. The summed E-state index contributed by atoms with van der Waals surface area (Å²) in [5.41, 5.74) is 0.549. The lowest BCUT2D eigenvalue weighted by Gasteiger charge is -2.35. The van der Waals surface area contributed by atoms with E-state index >= 15 is 0 Å². The number of nitrogens with zero attached hydrogens (tertiary/aromatic N) is 2. The largest absolute Gasteiger partial charge is 0.308 e. The van der Waals surface area contributed by atoms with Gasteiger partial charge in [-0.05, 0) is 30.5 Å². The van der Waals surface area contributed by atoms with E-state index in [1.807, 2.05) is 48.9 Å². The van der Waals surface area contributed by atoms with E-state index in [9.17, 15) is 4.79 Å². The van der Waals surface area contributed by atoms with Gasteiger partial charge in [0.25, 0.3) is 5.91 Å². The van der Waals surface area contributed by atoms with Crippen LogP contribution in [0.3, 0.4) is 0 Å². The maximum atomic E-state index is 12.4. The lowest BCUT2D eigenvalue weighted by Crippen LogP contribution is -2.53. The van der Waals surface area contributed by atoms with Crippen molar-refractivity contribution in [1.29, 1.82) is 0 Å². The molecule has 6 heteroatoms. The Kier molecular flexibility index (Phi) is 4.94. The summed E-state index contributed by atoms with van der Waals surface area (Å²) in [4.78, 5) is 14.2. The van der Waals surface area contributed by atoms with Crippen LogP contribution in [0.25, 0.3) is 0 Å². The fourth-order valence-corrected chi connectivity index (χ4v) is 2.39. The molecule has 1 aliphatic heterocycles. The molecule has 0 aromatic heterocycles. The SMILES string of the molecule is CSC(=S)N1C=CC=CC1N(N)C(=O)c1ccccc1. The summed E-state index contributed by atoms with van der Waals surface area (Å²) in [6, 6.07) is 8.95. The van der Waals surface area contributed by atoms with Gasteiger partial charge in [0.2, 0.25) is 0 Å². The average Bonchev–Trinajstić information content (AvgIpc) is 2.53. The monoisotopic (exact) mass is 305 g/mol. The van der Waals surface area contributed by atoms with Crippen LogP contribution in [0.4, 0.5) is 0 Å². The molecule has 0 bridgehead atoms. The summed E-state index contributed by atoms with van der Waals surface area (Å²) in [5, 5.41) is 1.19. The van der Waals surface area contributed by atoms with Gasteiger partial charge >= 0.3 is 0 Å². The number of hydrazine groups is 1. The van der Waals surface area contributed by atoms with Crippen molar-refractivity contribution < 1.29 is 4.79 Å². The van der Waals surface area contributed by atoms with Gasteiger partial charge in [-0.2, -0.15) is 0 Å². The zero-order valence-electron chi connectivity index (χ0n) is 11.0. The van der Waals surface area contributed by atoms with Crippen molar-refractivity contribution in [2.75, 3.05) is 6.26 Å². The fourth-order valence-electron chi connectivity index (χ4n) is 1.84. The number of amides is 1. The molecule has 1 amide bonds. The van der Waals surface area contributed by atoms with E-state index in [0.717, 1.165) is 0 Å². The molecule has 0 spiro atoms. The summed E-state index contributed by atoms with van der Waals surface area (Å²) in [6.07, 6.45) is 8.85. The zero-order chi connectivity index (χ0) is 14.5. The van der Waals surface area contributed by atoms with Gasteiger partial charge in [-0.1, -0.05) is 48.3 Å². The number of nitrogens with two attached hydrogens (primary N) is 1. The average molecular weight is 305 g/mol. The lowest BCUT2D eigenvalue weighted by atomic mass is 10.2. The molecule has 1 unspecified atom stereocenters. The molecule has 104 valence electrons. The first-order valence-electron chi connectivity index (χ1n) is 5.99. The van der Waals surface area contributed by atoms with Gasteiger partial charge in [-0.3, -0.25) is 4.79 Å². The summed E-state index contributed by atoms with van der Waals surface area (Å²) in [6.45, 7) is 0. The number of thiocarbonyl (C=S) groups is 1. The number of hydrogen-bond acceptors (Lipinski definition) is 4. The molecule has 1 atom stereocenters. The second-order valence-electron chi connectivity index (χ2n) is 4.10. The Bertz CT molecular complexity index is 557. The molecular weight excluding hydrogens is 290 g/mol. The third-order valence-corrected chi connectivity index (χ3v) is 4.12. The smallest absolute Gasteiger partial charge is 0.269 e. The predicted octanol–water partition coefficient (Wildman–Crippen LogP) is 2.36. The van der Waals surface area contributed by atoms with Crippen molar-refractivity contribution in [2.24, 2.45) is 5.84 Å².